The first-order valence-electron chi connectivity index (χ1n) is 4.24. The van der Waals surface area contributed by atoms with Crippen molar-refractivity contribution < 1.29 is 0 Å². The molecule has 0 radical (unpaired) electrons. The van der Waals surface area contributed by atoms with Crippen LogP contribution in [0, 0.1) is 3.57 Å². The number of fused-ring (bicyclic) bond motifs is 1. The third kappa shape index (κ3) is 1.42. The van der Waals surface area contributed by atoms with Crippen LogP contribution in [0.5, 0.6) is 0 Å². The van der Waals surface area contributed by atoms with E-state index in [2.05, 4.69) is 47.4 Å². The van der Waals surface area contributed by atoms with Crippen LogP contribution in [0.2, 0.25) is 0 Å². The summed E-state index contributed by atoms with van der Waals surface area (Å²) in [5, 5.41) is 0. The smallest absolute Gasteiger partial charge is 0.0133 e. The van der Waals surface area contributed by atoms with E-state index in [9.17, 15) is 0 Å². The Balaban J connectivity index is 2.53. The van der Waals surface area contributed by atoms with Crippen molar-refractivity contribution in [3.8, 4) is 0 Å². The average Bonchev–Trinajstić information content (AvgIpc) is 2.04. The lowest BCUT2D eigenvalue weighted by atomic mass is 9.88. The van der Waals surface area contributed by atoms with Crippen LogP contribution in [0.25, 0.3) is 5.57 Å². The molecule has 1 aromatic rings. The van der Waals surface area contributed by atoms with Gasteiger partial charge in [0.1, 0.15) is 0 Å². The molecule has 0 heterocycles. The molecule has 1 aliphatic carbocycles. The minimum absolute atomic E-state index is 1.17. The van der Waals surface area contributed by atoms with E-state index in [1.165, 1.54) is 39.5 Å². The van der Waals surface area contributed by atoms with Crippen molar-refractivity contribution >= 4 is 28.2 Å². The second-order valence-corrected chi connectivity index (χ2v) is 4.50. The van der Waals surface area contributed by atoms with Gasteiger partial charge in [-0.2, -0.15) is 0 Å². The molecule has 1 heteroatoms. The van der Waals surface area contributed by atoms with Gasteiger partial charge in [-0.3, -0.25) is 0 Å². The van der Waals surface area contributed by atoms with Gasteiger partial charge >= 0.3 is 0 Å². The lowest BCUT2D eigenvalue weighted by molar-refractivity contribution is 0.823. The Morgan fingerprint density at radius 1 is 1.25 bits per heavy atom. The number of hydrogen-bond donors (Lipinski definition) is 0. The number of aryl methyl sites for hydroxylation is 1. The van der Waals surface area contributed by atoms with E-state index in [1.807, 2.05) is 0 Å². The van der Waals surface area contributed by atoms with Crippen LogP contribution in [-0.2, 0) is 6.42 Å². The molecule has 0 fully saturated rings. The molecule has 1 aromatic carbocycles. The molecule has 0 bridgehead atoms. The maximum Gasteiger partial charge on any atom is 0.0133 e. The molecule has 62 valence electrons. The van der Waals surface area contributed by atoms with E-state index in [0.717, 1.165) is 0 Å². The van der Waals surface area contributed by atoms with E-state index < -0.39 is 0 Å². The fraction of sp³-hybridized carbons (Fsp3) is 0.273. The first-order valence-corrected chi connectivity index (χ1v) is 5.32. The van der Waals surface area contributed by atoms with Gasteiger partial charge in [-0.05, 0) is 70.7 Å². The van der Waals surface area contributed by atoms with Gasteiger partial charge in [0.05, 0.1) is 0 Å². The van der Waals surface area contributed by atoms with Crippen LogP contribution >= 0.6 is 22.6 Å². The van der Waals surface area contributed by atoms with Crippen molar-refractivity contribution in [1.82, 2.24) is 0 Å². The molecule has 0 unspecified atom stereocenters. The number of allylic oxidation sites excluding steroid dienone is 1. The Hall–Kier alpha value is -0.310. The first-order chi connectivity index (χ1) is 5.77. The highest BCUT2D eigenvalue weighted by Crippen LogP contribution is 2.29. The fourth-order valence-electron chi connectivity index (χ4n) is 1.74. The van der Waals surface area contributed by atoms with Gasteiger partial charge in [0, 0.05) is 3.57 Å². The molecule has 0 saturated heterocycles. The van der Waals surface area contributed by atoms with E-state index in [-0.39, 0.29) is 0 Å². The molecule has 0 saturated carbocycles. The van der Waals surface area contributed by atoms with Crippen molar-refractivity contribution in [3.05, 3.63) is 39.5 Å². The summed E-state index contributed by atoms with van der Waals surface area (Å²) >= 11 is 2.36. The van der Waals surface area contributed by atoms with Crippen molar-refractivity contribution in [1.29, 1.82) is 0 Å². The van der Waals surface area contributed by atoms with Crippen molar-refractivity contribution in [3.63, 3.8) is 0 Å². The summed E-state index contributed by atoms with van der Waals surface area (Å²) < 4.78 is 1.33. The highest BCUT2D eigenvalue weighted by molar-refractivity contribution is 14.1. The van der Waals surface area contributed by atoms with Crippen molar-refractivity contribution in [2.75, 3.05) is 0 Å². The van der Waals surface area contributed by atoms with Gasteiger partial charge in [0.25, 0.3) is 0 Å². The number of hydrogen-bond acceptors (Lipinski definition) is 0. The maximum atomic E-state index is 4.08. The molecule has 0 aromatic heterocycles. The molecule has 0 spiro atoms. The van der Waals surface area contributed by atoms with Crippen LogP contribution in [0.4, 0.5) is 0 Å². The molecule has 12 heavy (non-hydrogen) atoms. The van der Waals surface area contributed by atoms with E-state index in [1.54, 1.807) is 0 Å². The van der Waals surface area contributed by atoms with Crippen LogP contribution < -0.4 is 0 Å². The molecule has 0 N–H and O–H groups in total. The zero-order chi connectivity index (χ0) is 8.55. The molecule has 0 aliphatic heterocycles. The highest BCUT2D eigenvalue weighted by Gasteiger charge is 2.11. The van der Waals surface area contributed by atoms with Gasteiger partial charge in [0.15, 0.2) is 0 Å². The average molecular weight is 270 g/mol. The SMILES string of the molecule is C=C1CCCc2cc(I)ccc21. The Morgan fingerprint density at radius 3 is 2.92 bits per heavy atom. The quantitative estimate of drug-likeness (QED) is 0.631. The minimum atomic E-state index is 1.17. The van der Waals surface area contributed by atoms with E-state index >= 15 is 0 Å². The third-order valence-electron chi connectivity index (χ3n) is 2.37. The van der Waals surface area contributed by atoms with Gasteiger partial charge in [-0.15, -0.1) is 0 Å². The summed E-state index contributed by atoms with van der Waals surface area (Å²) in [4.78, 5) is 0. The third-order valence-corrected chi connectivity index (χ3v) is 3.04. The monoisotopic (exact) mass is 270 g/mol. The van der Waals surface area contributed by atoms with Crippen LogP contribution in [0.1, 0.15) is 24.0 Å². The summed E-state index contributed by atoms with van der Waals surface area (Å²) in [5.74, 6) is 0. The largest absolute Gasteiger partial charge is 0.0952 e. The second kappa shape index (κ2) is 3.21. The minimum Gasteiger partial charge on any atom is -0.0952 e. The topological polar surface area (TPSA) is 0 Å². The number of rotatable bonds is 0. The van der Waals surface area contributed by atoms with Crippen LogP contribution in [-0.4, -0.2) is 0 Å². The van der Waals surface area contributed by atoms with Crippen LogP contribution in [0.3, 0.4) is 0 Å². The Bertz CT molecular complexity index is 326. The predicted octanol–water partition coefficient (Wildman–Crippen LogP) is 3.64. The Kier molecular flexibility index (Phi) is 2.22. The highest BCUT2D eigenvalue weighted by atomic mass is 127. The molecule has 1 aliphatic rings. The van der Waals surface area contributed by atoms with Crippen molar-refractivity contribution in [2.45, 2.75) is 19.3 Å². The molecular formula is C11H11I. The molecule has 0 nitrogen and oxygen atoms in total. The van der Waals surface area contributed by atoms with Gasteiger partial charge in [-0.25, -0.2) is 0 Å². The Morgan fingerprint density at radius 2 is 2.08 bits per heavy atom. The maximum absolute atomic E-state index is 4.08. The molecular weight excluding hydrogens is 259 g/mol. The summed E-state index contributed by atoms with van der Waals surface area (Å²) in [7, 11) is 0. The summed E-state index contributed by atoms with van der Waals surface area (Å²) in [5.41, 5.74) is 4.19. The summed E-state index contributed by atoms with van der Waals surface area (Å²) in [6.07, 6.45) is 3.67. The van der Waals surface area contributed by atoms with Gasteiger partial charge < -0.3 is 0 Å². The summed E-state index contributed by atoms with van der Waals surface area (Å²) in [6, 6.07) is 6.65. The number of benzene rings is 1. The van der Waals surface area contributed by atoms with Crippen molar-refractivity contribution in [2.24, 2.45) is 0 Å². The zero-order valence-corrected chi connectivity index (χ0v) is 9.10. The molecule has 2 rings (SSSR count). The number of halogens is 1. The van der Waals surface area contributed by atoms with E-state index in [4.69, 9.17) is 0 Å². The molecule has 0 amide bonds. The standard InChI is InChI=1S/C11H11I/c1-8-3-2-4-9-7-10(12)5-6-11(8)9/h5-7H,1-4H2. The van der Waals surface area contributed by atoms with Crippen LogP contribution in [0.15, 0.2) is 24.8 Å². The first kappa shape index (κ1) is 8.30. The molecule has 0 atom stereocenters. The lowest BCUT2D eigenvalue weighted by Gasteiger charge is -2.17. The lowest BCUT2D eigenvalue weighted by Crippen LogP contribution is -2.00. The fourth-order valence-corrected chi connectivity index (χ4v) is 2.30. The second-order valence-electron chi connectivity index (χ2n) is 3.26. The predicted molar refractivity (Wildman–Crippen MR) is 61.1 cm³/mol. The normalized spacial score (nSPS) is 15.9. The Labute approximate surface area is 86.8 Å². The summed E-state index contributed by atoms with van der Waals surface area (Å²) in [6.45, 7) is 4.08. The van der Waals surface area contributed by atoms with E-state index in [0.29, 0.717) is 0 Å². The zero-order valence-electron chi connectivity index (χ0n) is 6.94. The van der Waals surface area contributed by atoms with Gasteiger partial charge in [0.2, 0.25) is 0 Å². The van der Waals surface area contributed by atoms with Gasteiger partial charge in [-0.1, -0.05) is 12.6 Å².